The van der Waals surface area contributed by atoms with Crippen LogP contribution in [0.2, 0.25) is 0 Å². The van der Waals surface area contributed by atoms with Gasteiger partial charge in [0.25, 0.3) is 11.8 Å². The summed E-state index contributed by atoms with van der Waals surface area (Å²) in [5, 5.41) is 16.0. The second kappa shape index (κ2) is 16.9. The number of carbonyl (C=O) groups is 5. The van der Waals surface area contributed by atoms with E-state index in [1.165, 1.54) is 42.7 Å². The topological polar surface area (TPSA) is 193 Å². The van der Waals surface area contributed by atoms with Crippen LogP contribution in [0, 0.1) is 11.2 Å². The Hall–Kier alpha value is -5.25. The maximum Gasteiger partial charge on any atom is 0.289 e. The van der Waals surface area contributed by atoms with Gasteiger partial charge in [-0.25, -0.2) is 9.37 Å². The molecule has 302 valence electrons. The Morgan fingerprint density at radius 1 is 1.04 bits per heavy atom. The number of hydrogen-bond donors (Lipinski definition) is 4. The maximum absolute atomic E-state index is 15.0. The van der Waals surface area contributed by atoms with Crippen molar-refractivity contribution in [3.05, 3.63) is 72.2 Å². The maximum atomic E-state index is 15.0. The van der Waals surface area contributed by atoms with Gasteiger partial charge in [0, 0.05) is 44.1 Å². The van der Waals surface area contributed by atoms with Crippen LogP contribution in [-0.4, -0.2) is 105 Å². The third-order valence-electron chi connectivity index (χ3n) is 10.4. The van der Waals surface area contributed by atoms with Gasteiger partial charge in [0.05, 0.1) is 36.1 Å². The molecular weight excluding hydrogens is 723 g/mol. The predicted octanol–water partition coefficient (Wildman–Crippen LogP) is 2.95. The van der Waals surface area contributed by atoms with Gasteiger partial charge in [-0.05, 0) is 56.2 Å². The average Bonchev–Trinajstić information content (AvgIpc) is 3.76. The van der Waals surface area contributed by atoms with E-state index in [2.05, 4.69) is 43.0 Å². The second-order valence-electron chi connectivity index (χ2n) is 16.4. The number of nitrogens with zero attached hydrogens (tertiary/aromatic N) is 4. The molecule has 0 bridgehead atoms. The van der Waals surface area contributed by atoms with Gasteiger partial charge in [-0.15, -0.1) is 0 Å². The lowest BCUT2D eigenvalue weighted by Crippen LogP contribution is -2.62. The number of oxime groups is 1. The number of methoxy groups -OCH3 is 1. The Bertz CT molecular complexity index is 1840. The zero-order chi connectivity index (χ0) is 41.0. The molecule has 1 aromatic carbocycles. The highest BCUT2D eigenvalue weighted by molar-refractivity contribution is 6.38. The first-order valence-electron chi connectivity index (χ1n) is 18.9. The lowest BCUT2D eigenvalue weighted by molar-refractivity contribution is -0.147. The van der Waals surface area contributed by atoms with Gasteiger partial charge in [0.1, 0.15) is 23.6 Å². The van der Waals surface area contributed by atoms with E-state index < -0.39 is 76.0 Å². The number of likely N-dealkylation sites (tertiary alicyclic amines) is 1. The molecule has 16 heteroatoms. The van der Waals surface area contributed by atoms with Gasteiger partial charge >= 0.3 is 0 Å². The lowest BCUT2D eigenvalue weighted by atomic mass is 9.84. The van der Waals surface area contributed by atoms with Crippen molar-refractivity contribution in [3.63, 3.8) is 0 Å². The summed E-state index contributed by atoms with van der Waals surface area (Å²) in [6.45, 7) is 15.1. The Labute approximate surface area is 326 Å². The van der Waals surface area contributed by atoms with E-state index in [-0.39, 0.29) is 37.5 Å². The molecule has 1 spiro atoms. The van der Waals surface area contributed by atoms with Crippen molar-refractivity contribution in [2.24, 2.45) is 10.6 Å². The average molecular weight is 777 g/mol. The number of amides is 4. The summed E-state index contributed by atoms with van der Waals surface area (Å²) in [7, 11) is 1.45. The van der Waals surface area contributed by atoms with Gasteiger partial charge in [-0.1, -0.05) is 58.0 Å². The number of halogens is 1. The van der Waals surface area contributed by atoms with Crippen molar-refractivity contribution in [2.75, 3.05) is 13.7 Å². The van der Waals surface area contributed by atoms with E-state index in [0.29, 0.717) is 23.4 Å². The second-order valence-corrected chi connectivity index (χ2v) is 16.4. The Morgan fingerprint density at radius 3 is 2.32 bits per heavy atom. The Kier molecular flexibility index (Phi) is 12.6. The van der Waals surface area contributed by atoms with Crippen LogP contribution in [0.1, 0.15) is 96.1 Å². The summed E-state index contributed by atoms with van der Waals surface area (Å²) in [4.78, 5) is 84.2. The highest BCUT2D eigenvalue weighted by atomic mass is 19.1. The highest BCUT2D eigenvalue weighted by Gasteiger charge is 2.56. The van der Waals surface area contributed by atoms with Crippen LogP contribution in [0.25, 0.3) is 0 Å². The molecule has 15 nitrogen and oxygen atoms in total. The van der Waals surface area contributed by atoms with Crippen molar-refractivity contribution in [1.29, 1.82) is 0 Å². The van der Waals surface area contributed by atoms with Crippen molar-refractivity contribution >= 4 is 35.1 Å². The fourth-order valence-corrected chi connectivity index (χ4v) is 6.93. The first kappa shape index (κ1) is 41.9. The molecule has 5 atom stereocenters. The van der Waals surface area contributed by atoms with Crippen molar-refractivity contribution < 1.29 is 37.9 Å². The number of hydrogen-bond acceptors (Lipinski definition) is 11. The van der Waals surface area contributed by atoms with E-state index in [9.17, 15) is 23.6 Å². The molecule has 1 aliphatic carbocycles. The van der Waals surface area contributed by atoms with Crippen LogP contribution in [0.3, 0.4) is 0 Å². The van der Waals surface area contributed by atoms with Gasteiger partial charge < -0.3 is 35.7 Å². The molecular formula is C40H53FN8O7. The number of carbonyl (C=O) groups excluding carboxylic acids is 5. The summed E-state index contributed by atoms with van der Waals surface area (Å²) in [5.41, 5.74) is -1.43. The molecule has 1 saturated heterocycles. The number of aromatic nitrogens is 2. The third-order valence-corrected chi connectivity index (χ3v) is 10.4. The predicted molar refractivity (Wildman–Crippen MR) is 204 cm³/mol. The molecule has 2 aliphatic heterocycles. The minimum absolute atomic E-state index is 0.0000637. The number of nitrogens with one attached hydrogen (secondary N) is 4. The quantitative estimate of drug-likeness (QED) is 0.184. The number of benzene rings is 1. The largest absolute Gasteiger partial charge is 0.387 e. The molecule has 1 saturated carbocycles. The molecule has 1 aromatic heterocycles. The smallest absolute Gasteiger partial charge is 0.289 e. The number of rotatable bonds is 16. The normalized spacial score (nSPS) is 21.0. The molecule has 0 unspecified atom stereocenters. The van der Waals surface area contributed by atoms with Gasteiger partial charge in [-0.3, -0.25) is 29.0 Å². The monoisotopic (exact) mass is 776 g/mol. The van der Waals surface area contributed by atoms with Gasteiger partial charge in [-0.2, -0.15) is 0 Å². The number of Topliss-reactive ketones (excluding diaryl/α,β-unsaturated/α-hetero) is 1. The SMILES string of the molecule is C=C(N[C@H](C(=O)N1C[C@@]2(CC(c3ccc(F)cc3)=NO2)C[C@H]1C(=O)N[C@@H](CCC)C(=O)C(=O)NC1CC1)C(C)(C)OC)[C@@H](NC(=O)c1cnccn1)C(C)(C)C. The Morgan fingerprint density at radius 2 is 1.73 bits per heavy atom. The first-order valence-corrected chi connectivity index (χ1v) is 18.9. The van der Waals surface area contributed by atoms with Gasteiger partial charge in [0.2, 0.25) is 17.6 Å². The molecule has 3 aliphatic rings. The van der Waals surface area contributed by atoms with E-state index in [1.54, 1.807) is 26.0 Å². The summed E-state index contributed by atoms with van der Waals surface area (Å²) in [5.74, 6) is -3.62. The minimum Gasteiger partial charge on any atom is -0.387 e. The fourth-order valence-electron chi connectivity index (χ4n) is 6.93. The van der Waals surface area contributed by atoms with Crippen molar-refractivity contribution in [1.82, 2.24) is 36.1 Å². The summed E-state index contributed by atoms with van der Waals surface area (Å²) >= 11 is 0. The van der Waals surface area contributed by atoms with Crippen LogP contribution < -0.4 is 21.3 Å². The van der Waals surface area contributed by atoms with Crippen LogP contribution in [0.15, 0.2) is 60.3 Å². The van der Waals surface area contributed by atoms with E-state index >= 15 is 4.79 Å². The molecule has 4 N–H and O–H groups in total. The van der Waals surface area contributed by atoms with E-state index in [0.717, 1.165) is 12.8 Å². The molecule has 0 radical (unpaired) electrons. The standard InChI is InChI=1S/C40H53FN8O7/c1-9-10-27(31(50)36(53)45-26-15-16-26)46-35(52)30-20-40(19-28(48-56-40)24-11-13-25(41)14-12-24)22-49(30)37(54)33(39(6,7)55-8)44-23(2)32(38(3,4)5)47-34(51)29-21-42-17-18-43-29/h11-14,17-18,21,26-27,30,32-33,44H,2,9-10,15-16,19-20,22H2,1,3-8H3,(H,45,53)(H,46,52)(H,47,51)/t27-,30-,32+,33+,40+/m0/s1. The summed E-state index contributed by atoms with van der Waals surface area (Å²) < 4.78 is 19.6. The Balaban J connectivity index is 1.45. The molecule has 2 aromatic rings. The molecule has 2 fully saturated rings. The number of ether oxygens (including phenoxy) is 1. The zero-order valence-corrected chi connectivity index (χ0v) is 33.1. The summed E-state index contributed by atoms with van der Waals surface area (Å²) in [6, 6.07) is 1.55. The van der Waals surface area contributed by atoms with Crippen LogP contribution >= 0.6 is 0 Å². The summed E-state index contributed by atoms with van der Waals surface area (Å²) in [6.07, 6.45) is 6.69. The number of ketones is 1. The highest BCUT2D eigenvalue weighted by Crippen LogP contribution is 2.40. The van der Waals surface area contributed by atoms with Crippen molar-refractivity contribution in [2.45, 2.75) is 121 Å². The van der Waals surface area contributed by atoms with Crippen LogP contribution in [0.4, 0.5) is 4.39 Å². The third kappa shape index (κ3) is 9.75. The molecule has 5 rings (SSSR count). The van der Waals surface area contributed by atoms with Gasteiger partial charge in [0.15, 0.2) is 5.60 Å². The van der Waals surface area contributed by atoms with Crippen LogP contribution in [0.5, 0.6) is 0 Å². The van der Waals surface area contributed by atoms with Crippen molar-refractivity contribution in [3.8, 4) is 0 Å². The lowest BCUT2D eigenvalue weighted by Gasteiger charge is -2.40. The molecule has 56 heavy (non-hydrogen) atoms. The zero-order valence-electron chi connectivity index (χ0n) is 33.1. The fraction of sp³-hybridized carbons (Fsp3) is 0.550. The van der Waals surface area contributed by atoms with E-state index in [4.69, 9.17) is 9.57 Å². The molecule has 3 heterocycles. The first-order chi connectivity index (χ1) is 26.4. The van der Waals surface area contributed by atoms with Crippen LogP contribution in [-0.2, 0) is 28.8 Å². The molecule has 4 amide bonds. The van der Waals surface area contributed by atoms with E-state index in [1.807, 2.05) is 27.7 Å². The minimum atomic E-state index is -1.21.